The van der Waals surface area contributed by atoms with Crippen molar-refractivity contribution in [2.45, 2.75) is 51.6 Å². The molecular weight excluding hydrogens is 216 g/mol. The fourth-order valence-corrected chi connectivity index (χ4v) is 2.32. The van der Waals surface area contributed by atoms with E-state index < -0.39 is 0 Å². The van der Waals surface area contributed by atoms with Crippen LogP contribution in [-0.2, 0) is 17.8 Å². The average molecular weight is 236 g/mol. The Balaban J connectivity index is 2.05. The van der Waals surface area contributed by atoms with Gasteiger partial charge in [0.15, 0.2) is 5.78 Å². The fourth-order valence-electron chi connectivity index (χ4n) is 2.32. The van der Waals surface area contributed by atoms with Gasteiger partial charge in [-0.05, 0) is 39.7 Å². The van der Waals surface area contributed by atoms with Crippen LogP contribution in [0.4, 0.5) is 0 Å². The summed E-state index contributed by atoms with van der Waals surface area (Å²) >= 11 is 0. The largest absolute Gasteiger partial charge is 0.305 e. The van der Waals surface area contributed by atoms with Gasteiger partial charge in [0, 0.05) is 6.54 Å². The van der Waals surface area contributed by atoms with Gasteiger partial charge in [0.05, 0.1) is 12.0 Å². The van der Waals surface area contributed by atoms with Gasteiger partial charge in [0.1, 0.15) is 12.2 Å². The Hall–Kier alpha value is -1.23. The monoisotopic (exact) mass is 236 g/mol. The maximum absolute atomic E-state index is 12.3. The van der Waals surface area contributed by atoms with Crippen molar-refractivity contribution in [3.8, 4) is 0 Å². The van der Waals surface area contributed by atoms with Crippen molar-refractivity contribution in [1.82, 2.24) is 20.1 Å². The number of hydrogen-bond donors (Lipinski definition) is 1. The molecule has 1 atom stereocenters. The Morgan fingerprint density at radius 1 is 1.59 bits per heavy atom. The Kier molecular flexibility index (Phi) is 3.57. The van der Waals surface area contributed by atoms with E-state index in [4.69, 9.17) is 0 Å². The average Bonchev–Trinajstić information content (AvgIpc) is 2.77. The normalized spacial score (nSPS) is 24.8. The highest BCUT2D eigenvalue weighted by Crippen LogP contribution is 2.21. The zero-order valence-electron chi connectivity index (χ0n) is 10.6. The molecule has 0 amide bonds. The number of rotatable bonds is 4. The first-order valence-electron chi connectivity index (χ1n) is 6.31. The molecule has 0 saturated carbocycles. The topological polar surface area (TPSA) is 59.8 Å². The number of aryl methyl sites for hydroxylation is 1. The van der Waals surface area contributed by atoms with E-state index in [1.54, 1.807) is 4.68 Å². The molecule has 5 heteroatoms. The van der Waals surface area contributed by atoms with Crippen LogP contribution in [0.1, 0.15) is 38.9 Å². The number of carbonyl (C=O) groups excluding carboxylic acids is 1. The minimum absolute atomic E-state index is 0.222. The fraction of sp³-hybridized carbons (Fsp3) is 0.750. The van der Waals surface area contributed by atoms with Gasteiger partial charge in [-0.1, -0.05) is 0 Å². The number of aromatic nitrogens is 3. The summed E-state index contributed by atoms with van der Waals surface area (Å²) in [6.07, 6.45) is 5.09. The Bertz CT molecular complexity index is 393. The molecule has 5 nitrogen and oxygen atoms in total. The Morgan fingerprint density at radius 3 is 3.06 bits per heavy atom. The smallest absolute Gasteiger partial charge is 0.160 e. The van der Waals surface area contributed by atoms with Crippen LogP contribution in [0.2, 0.25) is 0 Å². The van der Waals surface area contributed by atoms with Gasteiger partial charge in [0.2, 0.25) is 0 Å². The highest BCUT2D eigenvalue weighted by molar-refractivity contribution is 5.89. The summed E-state index contributed by atoms with van der Waals surface area (Å²) in [4.78, 5) is 16.5. The molecule has 0 aliphatic carbocycles. The number of piperidine rings is 1. The van der Waals surface area contributed by atoms with Crippen molar-refractivity contribution in [1.29, 1.82) is 0 Å². The summed E-state index contributed by atoms with van der Waals surface area (Å²) in [6.45, 7) is 5.69. The van der Waals surface area contributed by atoms with E-state index in [2.05, 4.69) is 15.4 Å². The van der Waals surface area contributed by atoms with Gasteiger partial charge in [-0.2, -0.15) is 5.10 Å². The maximum atomic E-state index is 12.3. The van der Waals surface area contributed by atoms with E-state index in [1.807, 2.05) is 13.8 Å². The molecule has 0 spiro atoms. The summed E-state index contributed by atoms with van der Waals surface area (Å²) in [6, 6.07) is 0. The van der Waals surface area contributed by atoms with Crippen LogP contribution in [0.25, 0.3) is 0 Å². The molecule has 0 aromatic carbocycles. The highest BCUT2D eigenvalue weighted by atomic mass is 16.1. The predicted octanol–water partition coefficient (Wildman–Crippen LogP) is 0.942. The van der Waals surface area contributed by atoms with Crippen LogP contribution in [0.15, 0.2) is 6.33 Å². The summed E-state index contributed by atoms with van der Waals surface area (Å²) < 4.78 is 1.78. The lowest BCUT2D eigenvalue weighted by molar-refractivity contribution is -0.125. The second-order valence-corrected chi connectivity index (χ2v) is 4.81. The van der Waals surface area contributed by atoms with E-state index in [1.165, 1.54) is 6.33 Å². The van der Waals surface area contributed by atoms with Gasteiger partial charge in [-0.25, -0.2) is 9.67 Å². The quantitative estimate of drug-likeness (QED) is 0.845. The number of ketones is 1. The first kappa shape index (κ1) is 12.2. The van der Waals surface area contributed by atoms with Crippen LogP contribution in [0.5, 0.6) is 0 Å². The minimum Gasteiger partial charge on any atom is -0.305 e. The minimum atomic E-state index is -0.372. The molecule has 1 fully saturated rings. The maximum Gasteiger partial charge on any atom is 0.160 e. The molecule has 17 heavy (non-hydrogen) atoms. The zero-order valence-corrected chi connectivity index (χ0v) is 10.6. The second kappa shape index (κ2) is 4.96. The third kappa shape index (κ3) is 2.54. The van der Waals surface area contributed by atoms with Crippen LogP contribution in [0.3, 0.4) is 0 Å². The molecule has 2 heterocycles. The first-order chi connectivity index (χ1) is 8.15. The van der Waals surface area contributed by atoms with E-state index in [9.17, 15) is 4.79 Å². The van der Waals surface area contributed by atoms with Crippen molar-refractivity contribution in [3.05, 3.63) is 12.2 Å². The molecule has 1 aromatic rings. The first-order valence-corrected chi connectivity index (χ1v) is 6.31. The van der Waals surface area contributed by atoms with E-state index >= 15 is 0 Å². The molecule has 1 saturated heterocycles. The van der Waals surface area contributed by atoms with E-state index in [0.29, 0.717) is 6.42 Å². The zero-order chi connectivity index (χ0) is 12.3. The Labute approximate surface area is 102 Å². The van der Waals surface area contributed by atoms with Crippen LogP contribution < -0.4 is 5.32 Å². The van der Waals surface area contributed by atoms with Gasteiger partial charge >= 0.3 is 0 Å². The van der Waals surface area contributed by atoms with Crippen molar-refractivity contribution >= 4 is 5.78 Å². The summed E-state index contributed by atoms with van der Waals surface area (Å²) in [5.41, 5.74) is -0.372. The van der Waals surface area contributed by atoms with Crippen LogP contribution in [0, 0.1) is 0 Å². The van der Waals surface area contributed by atoms with Gasteiger partial charge in [0.25, 0.3) is 0 Å². The lowest BCUT2D eigenvalue weighted by Gasteiger charge is -2.33. The molecule has 0 bridgehead atoms. The summed E-state index contributed by atoms with van der Waals surface area (Å²) in [7, 11) is 0. The highest BCUT2D eigenvalue weighted by Gasteiger charge is 2.34. The predicted molar refractivity (Wildman–Crippen MR) is 64.7 cm³/mol. The van der Waals surface area contributed by atoms with Crippen LogP contribution >= 0.6 is 0 Å². The number of carbonyl (C=O) groups is 1. The number of hydrogen-bond acceptors (Lipinski definition) is 4. The van der Waals surface area contributed by atoms with Gasteiger partial charge < -0.3 is 5.32 Å². The molecule has 1 unspecified atom stereocenters. The lowest BCUT2D eigenvalue weighted by Crippen LogP contribution is -2.53. The third-order valence-corrected chi connectivity index (χ3v) is 3.55. The molecule has 94 valence electrons. The third-order valence-electron chi connectivity index (χ3n) is 3.55. The number of Topliss-reactive ketones (excluding diaryl/α,β-unsaturated/α-hetero) is 1. The van der Waals surface area contributed by atoms with Gasteiger partial charge in [-0.3, -0.25) is 4.79 Å². The molecule has 2 rings (SSSR count). The summed E-state index contributed by atoms with van der Waals surface area (Å²) in [5.74, 6) is 0.992. The van der Waals surface area contributed by atoms with Gasteiger partial charge in [-0.15, -0.1) is 0 Å². The molecule has 1 aliphatic rings. The lowest BCUT2D eigenvalue weighted by atomic mass is 9.85. The van der Waals surface area contributed by atoms with E-state index in [0.717, 1.165) is 38.2 Å². The molecule has 0 radical (unpaired) electrons. The SMILES string of the molecule is CCn1ncnc1CC(=O)C1(C)CCCCN1. The van der Waals surface area contributed by atoms with Crippen molar-refractivity contribution in [2.24, 2.45) is 0 Å². The molecule has 1 N–H and O–H groups in total. The molecular formula is C12H20N4O. The molecule has 1 aromatic heterocycles. The van der Waals surface area contributed by atoms with E-state index in [-0.39, 0.29) is 11.3 Å². The standard InChI is InChI=1S/C12H20N4O/c1-3-16-11(13-9-15-16)8-10(17)12(2)6-4-5-7-14-12/h9,14H,3-8H2,1-2H3. The van der Waals surface area contributed by atoms with Crippen LogP contribution in [-0.4, -0.2) is 32.6 Å². The second-order valence-electron chi connectivity index (χ2n) is 4.81. The van der Waals surface area contributed by atoms with Crippen molar-refractivity contribution < 1.29 is 4.79 Å². The van der Waals surface area contributed by atoms with Crippen molar-refractivity contribution in [2.75, 3.05) is 6.54 Å². The Morgan fingerprint density at radius 2 is 2.41 bits per heavy atom. The number of nitrogens with one attached hydrogen (secondary N) is 1. The summed E-state index contributed by atoms with van der Waals surface area (Å²) in [5, 5.41) is 7.43. The molecule has 1 aliphatic heterocycles. The van der Waals surface area contributed by atoms with Crippen molar-refractivity contribution in [3.63, 3.8) is 0 Å². The number of nitrogens with zero attached hydrogens (tertiary/aromatic N) is 3.